The van der Waals surface area contributed by atoms with E-state index in [1.165, 1.54) is 37.1 Å². The fourth-order valence-electron chi connectivity index (χ4n) is 6.76. The Bertz CT molecular complexity index is 1640. The van der Waals surface area contributed by atoms with Crippen molar-refractivity contribution in [3.05, 3.63) is 53.6 Å². The first-order valence-electron chi connectivity index (χ1n) is 17.6. The molecular weight excluding hydrogens is 676 g/mol. The van der Waals surface area contributed by atoms with Crippen molar-refractivity contribution in [1.29, 1.82) is 0 Å². The highest BCUT2D eigenvalue weighted by Crippen LogP contribution is 2.33. The monoisotopic (exact) mass is 720 g/mol. The quantitative estimate of drug-likeness (QED) is 0.135. The molecule has 51 heavy (non-hydrogen) atoms. The van der Waals surface area contributed by atoms with Gasteiger partial charge in [0.1, 0.15) is 30.8 Å². The highest BCUT2D eigenvalue weighted by atomic mass is 32.2. The van der Waals surface area contributed by atoms with Gasteiger partial charge in [-0.05, 0) is 55.7 Å². The third kappa shape index (κ3) is 9.00. The Labute approximate surface area is 301 Å². The molecule has 3 heterocycles. The number of anilines is 1. The van der Waals surface area contributed by atoms with Crippen LogP contribution in [0.4, 0.5) is 5.69 Å². The predicted molar refractivity (Wildman–Crippen MR) is 191 cm³/mol. The van der Waals surface area contributed by atoms with E-state index in [9.17, 15) is 24.0 Å². The number of carbonyl (C=O) groups is 5. The number of imide groups is 2. The van der Waals surface area contributed by atoms with E-state index in [0.717, 1.165) is 36.5 Å². The third-order valence-electron chi connectivity index (χ3n) is 9.47. The lowest BCUT2D eigenvalue weighted by molar-refractivity contribution is -0.136. The summed E-state index contributed by atoms with van der Waals surface area (Å²) in [5.74, 6) is -0.951. The van der Waals surface area contributed by atoms with Crippen LogP contribution in [0, 0.1) is 0 Å². The zero-order valence-corrected chi connectivity index (χ0v) is 29.4. The largest absolute Gasteiger partial charge is 0.491 e. The second kappa shape index (κ2) is 17.1. The minimum absolute atomic E-state index is 0.0506. The number of thioether (sulfide) groups is 1. The number of nitrogens with zero attached hydrogens (tertiary/aromatic N) is 4. The topological polar surface area (TPSA) is 173 Å². The number of carbonyl (C=O) groups excluding carboxylic acids is 5. The van der Waals surface area contributed by atoms with Crippen molar-refractivity contribution in [2.24, 2.45) is 10.7 Å². The molecule has 1 atom stereocenters. The van der Waals surface area contributed by atoms with Crippen LogP contribution in [0.3, 0.4) is 0 Å². The van der Waals surface area contributed by atoms with E-state index < -0.39 is 29.7 Å². The first-order chi connectivity index (χ1) is 24.8. The number of benzene rings is 2. The van der Waals surface area contributed by atoms with Gasteiger partial charge in [0.25, 0.3) is 11.8 Å². The molecule has 1 aliphatic carbocycles. The van der Waals surface area contributed by atoms with E-state index in [2.05, 4.69) is 15.2 Å². The molecule has 1 saturated carbocycles. The summed E-state index contributed by atoms with van der Waals surface area (Å²) in [4.78, 5) is 72.5. The Morgan fingerprint density at radius 3 is 2.31 bits per heavy atom. The molecule has 1 unspecified atom stereocenters. The number of nitrogens with one attached hydrogen (secondary N) is 1. The molecule has 3 fully saturated rings. The van der Waals surface area contributed by atoms with Gasteiger partial charge in [0.15, 0.2) is 5.17 Å². The van der Waals surface area contributed by atoms with Crippen molar-refractivity contribution in [2.75, 3.05) is 63.3 Å². The zero-order valence-electron chi connectivity index (χ0n) is 28.6. The fraction of sp³-hybridized carbons (Fsp3) is 0.500. The van der Waals surface area contributed by atoms with Crippen LogP contribution in [-0.2, 0) is 19.1 Å². The number of fused-ring (bicyclic) bond motifs is 1. The minimum Gasteiger partial charge on any atom is -0.491 e. The van der Waals surface area contributed by atoms with Gasteiger partial charge >= 0.3 is 0 Å². The van der Waals surface area contributed by atoms with Gasteiger partial charge in [-0.2, -0.15) is 0 Å². The van der Waals surface area contributed by atoms with Crippen LogP contribution in [0.25, 0.3) is 0 Å². The molecule has 0 aromatic heterocycles. The number of ether oxygens (including phenoxy) is 3. The van der Waals surface area contributed by atoms with Gasteiger partial charge in [-0.25, -0.2) is 0 Å². The molecule has 5 amide bonds. The Hall–Kier alpha value is -4.63. The summed E-state index contributed by atoms with van der Waals surface area (Å²) in [7, 11) is 0. The van der Waals surface area contributed by atoms with Gasteiger partial charge in [-0.3, -0.25) is 39.2 Å². The van der Waals surface area contributed by atoms with E-state index in [0.29, 0.717) is 49.0 Å². The van der Waals surface area contributed by atoms with E-state index in [-0.39, 0.29) is 48.8 Å². The SMILES string of the molecule is NC(=NC1CCCCC1)SCC(=O)N1CCN(c2ccc(OCCOCCOc3cccc4c3C(=O)N(C3CCC(=O)NC3=O)C4=O)cc2)CC1. The highest BCUT2D eigenvalue weighted by Gasteiger charge is 2.46. The third-order valence-corrected chi connectivity index (χ3v) is 10.3. The maximum absolute atomic E-state index is 13.2. The molecule has 272 valence electrons. The molecule has 0 radical (unpaired) electrons. The smallest absolute Gasteiger partial charge is 0.266 e. The first kappa shape index (κ1) is 36.2. The summed E-state index contributed by atoms with van der Waals surface area (Å²) < 4.78 is 17.3. The van der Waals surface area contributed by atoms with Gasteiger partial charge in [0.05, 0.1) is 36.1 Å². The van der Waals surface area contributed by atoms with Gasteiger partial charge in [-0.1, -0.05) is 37.1 Å². The lowest BCUT2D eigenvalue weighted by atomic mass is 9.96. The van der Waals surface area contributed by atoms with Gasteiger partial charge in [-0.15, -0.1) is 0 Å². The fourth-order valence-corrected chi connectivity index (χ4v) is 7.43. The predicted octanol–water partition coefficient (Wildman–Crippen LogP) is 2.59. The molecule has 2 aromatic rings. The van der Waals surface area contributed by atoms with Crippen LogP contribution < -0.4 is 25.4 Å². The summed E-state index contributed by atoms with van der Waals surface area (Å²) >= 11 is 1.34. The standard InChI is InChI=1S/C36H44N6O8S/c37-36(38-24-5-2-1-3-6-24)51-23-31(44)41-17-15-40(16-18-41)25-9-11-26(12-10-25)49-21-19-48-20-22-50-29-8-4-7-27-32(29)35(47)42(34(27)46)28-13-14-30(43)39-33(28)45/h4,7-12,24,28H,1-3,5-6,13-23H2,(H2,37,38)(H,39,43,45). The van der Waals surface area contributed by atoms with Crippen LogP contribution in [0.2, 0.25) is 0 Å². The molecule has 3 N–H and O–H groups in total. The van der Waals surface area contributed by atoms with Gasteiger partial charge < -0.3 is 29.7 Å². The number of amidine groups is 1. The van der Waals surface area contributed by atoms with Crippen molar-refractivity contribution in [1.82, 2.24) is 15.1 Å². The summed E-state index contributed by atoms with van der Waals surface area (Å²) in [6.45, 7) is 3.78. The molecule has 14 nitrogen and oxygen atoms in total. The molecule has 6 rings (SSSR count). The molecule has 3 aliphatic heterocycles. The average Bonchev–Trinajstić information content (AvgIpc) is 3.40. The van der Waals surface area contributed by atoms with Crippen molar-refractivity contribution < 1.29 is 38.2 Å². The zero-order chi connectivity index (χ0) is 35.7. The second-order valence-electron chi connectivity index (χ2n) is 12.8. The molecule has 2 aromatic carbocycles. The van der Waals surface area contributed by atoms with Crippen molar-refractivity contribution >= 4 is 52.2 Å². The summed E-state index contributed by atoms with van der Waals surface area (Å²) in [5.41, 5.74) is 7.42. The first-order valence-corrected chi connectivity index (χ1v) is 18.5. The second-order valence-corrected chi connectivity index (χ2v) is 13.8. The minimum atomic E-state index is -1.04. The molecule has 4 aliphatic rings. The van der Waals surface area contributed by atoms with Gasteiger partial charge in [0, 0.05) is 38.3 Å². The normalized spacial score (nSPS) is 20.0. The lowest BCUT2D eigenvalue weighted by Crippen LogP contribution is -2.54. The van der Waals surface area contributed by atoms with Crippen molar-refractivity contribution in [3.8, 4) is 11.5 Å². The molecule has 2 saturated heterocycles. The number of piperazine rings is 1. The molecule has 15 heteroatoms. The highest BCUT2D eigenvalue weighted by molar-refractivity contribution is 8.14. The number of rotatable bonds is 13. The van der Waals surface area contributed by atoms with E-state index >= 15 is 0 Å². The molecule has 0 spiro atoms. The maximum Gasteiger partial charge on any atom is 0.266 e. The van der Waals surface area contributed by atoms with Crippen molar-refractivity contribution in [3.63, 3.8) is 0 Å². The van der Waals surface area contributed by atoms with Crippen LogP contribution in [-0.4, -0.2) is 115 Å². The van der Waals surface area contributed by atoms with E-state index in [1.807, 2.05) is 29.2 Å². The number of nitrogens with two attached hydrogens (primary N) is 1. The van der Waals surface area contributed by atoms with E-state index in [4.69, 9.17) is 19.9 Å². The van der Waals surface area contributed by atoms with Crippen LogP contribution in [0.15, 0.2) is 47.5 Å². The maximum atomic E-state index is 13.2. The Morgan fingerprint density at radius 2 is 1.59 bits per heavy atom. The van der Waals surface area contributed by atoms with Crippen LogP contribution in [0.1, 0.15) is 65.7 Å². The van der Waals surface area contributed by atoms with Crippen LogP contribution in [0.5, 0.6) is 11.5 Å². The Morgan fingerprint density at radius 1 is 0.863 bits per heavy atom. The summed E-state index contributed by atoms with van der Waals surface area (Å²) in [6, 6.07) is 11.8. The van der Waals surface area contributed by atoms with E-state index in [1.54, 1.807) is 12.1 Å². The molecule has 0 bridgehead atoms. The number of aliphatic imine (C=N–C) groups is 1. The number of amides is 5. The van der Waals surface area contributed by atoms with Gasteiger partial charge in [0.2, 0.25) is 17.7 Å². The number of hydrogen-bond donors (Lipinski definition) is 2. The van der Waals surface area contributed by atoms with Crippen LogP contribution >= 0.6 is 11.8 Å². The lowest BCUT2D eigenvalue weighted by Gasteiger charge is -2.36. The number of piperidine rings is 1. The summed E-state index contributed by atoms with van der Waals surface area (Å²) in [6.07, 6.45) is 5.98. The summed E-state index contributed by atoms with van der Waals surface area (Å²) in [5, 5.41) is 2.71. The van der Waals surface area contributed by atoms with Crippen molar-refractivity contribution in [2.45, 2.75) is 57.0 Å². The molecular formula is C36H44N6O8S. The Balaban J connectivity index is 0.865. The average molecular weight is 721 g/mol. The Kier molecular flexibility index (Phi) is 12.1. The number of hydrogen-bond acceptors (Lipinski definition) is 11.